The van der Waals surface area contributed by atoms with Crippen molar-refractivity contribution in [2.24, 2.45) is 13.0 Å². The number of benzene rings is 1. The normalized spacial score (nSPS) is 20.8. The van der Waals surface area contributed by atoms with Crippen LogP contribution >= 0.6 is 0 Å². The number of rotatable bonds is 9. The van der Waals surface area contributed by atoms with E-state index in [0.29, 0.717) is 19.1 Å². The van der Waals surface area contributed by atoms with Gasteiger partial charge in [-0.05, 0) is 67.3 Å². The van der Waals surface area contributed by atoms with Gasteiger partial charge in [-0.2, -0.15) is 0 Å². The first-order chi connectivity index (χ1) is 15.6. The number of amides is 1. The van der Waals surface area contributed by atoms with Crippen LogP contribution in [0.5, 0.6) is 0 Å². The van der Waals surface area contributed by atoms with E-state index in [1.54, 1.807) is 24.8 Å². The second-order valence-corrected chi connectivity index (χ2v) is 9.23. The summed E-state index contributed by atoms with van der Waals surface area (Å²) in [6.45, 7) is 2.95. The minimum atomic E-state index is -0.138. The standard InChI is InChI=1S/C26H35N3O3/c1-28-13-11-21(16-25(28)30)23-10-12-27-17-24(23)26(31)29(22-8-9-22)18-20-6-3-5-19(15-20)7-4-14-32-2/h3,5-6,11,13,15-16,22-24,27H,4,7-10,12,14,17-18H2,1-2H3. The van der Waals surface area contributed by atoms with E-state index in [0.717, 1.165) is 50.8 Å². The highest BCUT2D eigenvalue weighted by Crippen LogP contribution is 2.35. The van der Waals surface area contributed by atoms with Gasteiger partial charge in [-0.1, -0.05) is 24.3 Å². The van der Waals surface area contributed by atoms with Crippen LogP contribution in [0.15, 0.2) is 47.4 Å². The van der Waals surface area contributed by atoms with Gasteiger partial charge in [0.05, 0.1) is 5.92 Å². The quantitative estimate of drug-likeness (QED) is 0.613. The first-order valence-electron chi connectivity index (χ1n) is 11.8. The van der Waals surface area contributed by atoms with Crippen LogP contribution < -0.4 is 10.9 Å². The summed E-state index contributed by atoms with van der Waals surface area (Å²) in [6.07, 6.45) is 6.83. The molecule has 1 aliphatic carbocycles. The zero-order valence-electron chi connectivity index (χ0n) is 19.3. The van der Waals surface area contributed by atoms with Crippen molar-refractivity contribution in [1.29, 1.82) is 0 Å². The molecule has 2 aliphatic rings. The Hall–Kier alpha value is -2.44. The molecule has 32 heavy (non-hydrogen) atoms. The molecule has 6 nitrogen and oxygen atoms in total. The molecule has 2 aromatic rings. The van der Waals surface area contributed by atoms with Crippen molar-refractivity contribution in [1.82, 2.24) is 14.8 Å². The summed E-state index contributed by atoms with van der Waals surface area (Å²) in [5.41, 5.74) is 3.45. The van der Waals surface area contributed by atoms with Crippen LogP contribution in [0.4, 0.5) is 0 Å². The number of hydrogen-bond donors (Lipinski definition) is 1. The third-order valence-corrected chi connectivity index (χ3v) is 6.78. The number of nitrogens with zero attached hydrogens (tertiary/aromatic N) is 2. The van der Waals surface area contributed by atoms with Gasteiger partial charge in [-0.25, -0.2) is 0 Å². The Morgan fingerprint density at radius 2 is 2.00 bits per heavy atom. The number of aromatic nitrogens is 1. The molecule has 2 unspecified atom stereocenters. The van der Waals surface area contributed by atoms with Crippen LogP contribution in [-0.2, 0) is 29.5 Å². The van der Waals surface area contributed by atoms with Crippen LogP contribution in [0.25, 0.3) is 0 Å². The van der Waals surface area contributed by atoms with E-state index in [9.17, 15) is 9.59 Å². The number of piperidine rings is 1. The maximum atomic E-state index is 13.8. The van der Waals surface area contributed by atoms with Crippen molar-refractivity contribution < 1.29 is 9.53 Å². The lowest BCUT2D eigenvalue weighted by Gasteiger charge is -2.35. The number of pyridine rings is 1. The first kappa shape index (κ1) is 22.7. The summed E-state index contributed by atoms with van der Waals surface area (Å²) < 4.78 is 6.76. The molecular formula is C26H35N3O3. The fourth-order valence-electron chi connectivity index (χ4n) is 4.80. The maximum Gasteiger partial charge on any atom is 0.250 e. The van der Waals surface area contributed by atoms with E-state index in [1.807, 2.05) is 12.3 Å². The van der Waals surface area contributed by atoms with Crippen LogP contribution in [0, 0.1) is 5.92 Å². The Labute approximate surface area is 190 Å². The first-order valence-corrected chi connectivity index (χ1v) is 11.8. The van der Waals surface area contributed by atoms with Crippen molar-refractivity contribution in [3.05, 3.63) is 69.6 Å². The van der Waals surface area contributed by atoms with Crippen molar-refractivity contribution in [2.75, 3.05) is 26.8 Å². The van der Waals surface area contributed by atoms with E-state index in [2.05, 4.69) is 34.5 Å². The summed E-state index contributed by atoms with van der Waals surface area (Å²) in [4.78, 5) is 28.1. The smallest absolute Gasteiger partial charge is 0.250 e. The molecule has 1 saturated carbocycles. The maximum absolute atomic E-state index is 13.8. The predicted molar refractivity (Wildman–Crippen MR) is 126 cm³/mol. The van der Waals surface area contributed by atoms with Gasteiger partial charge >= 0.3 is 0 Å². The van der Waals surface area contributed by atoms with Gasteiger partial charge in [0, 0.05) is 52.2 Å². The molecule has 172 valence electrons. The van der Waals surface area contributed by atoms with Crippen LogP contribution in [0.1, 0.15) is 48.3 Å². The number of hydrogen-bond acceptors (Lipinski definition) is 4. The topological polar surface area (TPSA) is 63.6 Å². The molecule has 2 heterocycles. The fraction of sp³-hybridized carbons (Fsp3) is 0.538. The van der Waals surface area contributed by atoms with E-state index in [1.165, 1.54) is 11.1 Å². The van der Waals surface area contributed by atoms with Gasteiger partial charge in [0.1, 0.15) is 0 Å². The second-order valence-electron chi connectivity index (χ2n) is 9.23. The van der Waals surface area contributed by atoms with Gasteiger partial charge in [0.25, 0.3) is 5.56 Å². The zero-order valence-corrected chi connectivity index (χ0v) is 19.3. The molecular weight excluding hydrogens is 402 g/mol. The van der Waals surface area contributed by atoms with Crippen molar-refractivity contribution in [2.45, 2.75) is 50.6 Å². The average Bonchev–Trinajstić information content (AvgIpc) is 3.65. The number of carbonyl (C=O) groups excluding carboxylic acids is 1. The monoisotopic (exact) mass is 437 g/mol. The van der Waals surface area contributed by atoms with Crippen LogP contribution in [0.2, 0.25) is 0 Å². The molecule has 0 radical (unpaired) electrons. The lowest BCUT2D eigenvalue weighted by atomic mass is 9.80. The van der Waals surface area contributed by atoms with Gasteiger partial charge < -0.3 is 19.5 Å². The van der Waals surface area contributed by atoms with Gasteiger partial charge in [0.15, 0.2) is 0 Å². The molecule has 1 aliphatic heterocycles. The van der Waals surface area contributed by atoms with Gasteiger partial charge in [0.2, 0.25) is 5.91 Å². The molecule has 2 fully saturated rings. The number of nitrogens with one attached hydrogen (secondary N) is 1. The highest BCUT2D eigenvalue weighted by atomic mass is 16.5. The molecule has 1 aromatic heterocycles. The number of methoxy groups -OCH3 is 1. The lowest BCUT2D eigenvalue weighted by molar-refractivity contribution is -0.138. The summed E-state index contributed by atoms with van der Waals surface area (Å²) >= 11 is 0. The van der Waals surface area contributed by atoms with Crippen molar-refractivity contribution in [3.8, 4) is 0 Å². The SMILES string of the molecule is COCCCc1cccc(CN(C(=O)C2CNCCC2c2ccn(C)c(=O)c2)C2CC2)c1. The molecule has 1 aromatic carbocycles. The minimum Gasteiger partial charge on any atom is -0.385 e. The zero-order chi connectivity index (χ0) is 22.5. The van der Waals surface area contributed by atoms with E-state index >= 15 is 0 Å². The molecule has 0 spiro atoms. The van der Waals surface area contributed by atoms with E-state index < -0.39 is 0 Å². The minimum absolute atomic E-state index is 0.0171. The summed E-state index contributed by atoms with van der Waals surface area (Å²) in [5, 5.41) is 3.41. The Bertz CT molecular complexity index is 982. The van der Waals surface area contributed by atoms with Gasteiger partial charge in [-0.3, -0.25) is 9.59 Å². The molecule has 1 saturated heterocycles. The van der Waals surface area contributed by atoms with Crippen LogP contribution in [-0.4, -0.2) is 48.2 Å². The molecule has 6 heteroatoms. The Balaban J connectivity index is 1.51. The average molecular weight is 438 g/mol. The Morgan fingerprint density at radius 1 is 1.19 bits per heavy atom. The summed E-state index contributed by atoms with van der Waals surface area (Å²) in [6, 6.07) is 12.7. The third kappa shape index (κ3) is 5.48. The fourth-order valence-corrected chi connectivity index (χ4v) is 4.80. The predicted octanol–water partition coefficient (Wildman–Crippen LogP) is 2.85. The molecule has 1 N–H and O–H groups in total. The molecule has 0 bridgehead atoms. The molecule has 2 atom stereocenters. The van der Waals surface area contributed by atoms with Crippen LogP contribution in [0.3, 0.4) is 0 Å². The third-order valence-electron chi connectivity index (χ3n) is 6.78. The van der Waals surface area contributed by atoms with E-state index in [4.69, 9.17) is 4.74 Å². The highest BCUT2D eigenvalue weighted by molar-refractivity contribution is 5.81. The number of aryl methyl sites for hydroxylation is 2. The molecule has 4 rings (SSSR count). The Kier molecular flexibility index (Phi) is 7.43. The Morgan fingerprint density at radius 3 is 2.75 bits per heavy atom. The number of carbonyl (C=O) groups is 1. The largest absolute Gasteiger partial charge is 0.385 e. The highest BCUT2D eigenvalue weighted by Gasteiger charge is 2.40. The summed E-state index contributed by atoms with van der Waals surface area (Å²) in [7, 11) is 3.49. The van der Waals surface area contributed by atoms with Gasteiger partial charge in [-0.15, -0.1) is 0 Å². The van der Waals surface area contributed by atoms with Crippen molar-refractivity contribution >= 4 is 5.91 Å². The molecule has 1 amide bonds. The summed E-state index contributed by atoms with van der Waals surface area (Å²) in [5.74, 6) is 0.163. The van der Waals surface area contributed by atoms with Crippen molar-refractivity contribution in [3.63, 3.8) is 0 Å². The number of ether oxygens (including phenoxy) is 1. The van der Waals surface area contributed by atoms with E-state index in [-0.39, 0.29) is 23.3 Å². The second kappa shape index (κ2) is 10.5. The lowest BCUT2D eigenvalue weighted by Crippen LogP contribution is -2.47.